The van der Waals surface area contributed by atoms with Gasteiger partial charge in [0.25, 0.3) is 0 Å². The highest BCUT2D eigenvalue weighted by Crippen LogP contribution is 2.35. The Morgan fingerprint density at radius 3 is 1.95 bits per heavy atom. The second-order valence-corrected chi connectivity index (χ2v) is 5.48. The third-order valence-corrected chi connectivity index (χ3v) is 4.06. The van der Waals surface area contributed by atoms with Gasteiger partial charge in [0, 0.05) is 5.02 Å². The number of hydrogen-bond donors (Lipinski definition) is 0. The number of rotatable bonds is 0. The van der Waals surface area contributed by atoms with Crippen molar-refractivity contribution in [3.8, 4) is 0 Å². The summed E-state index contributed by atoms with van der Waals surface area (Å²) in [4.78, 5) is 0. The molecule has 0 aliphatic carbocycles. The minimum Gasteiger partial charge on any atom is -0.0960 e. The van der Waals surface area contributed by atoms with Gasteiger partial charge in [-0.2, -0.15) is 0 Å². The van der Waals surface area contributed by atoms with Gasteiger partial charge in [-0.3, -0.25) is 0 Å². The first-order valence-corrected chi connectivity index (χ1v) is 6.91. The van der Waals surface area contributed by atoms with E-state index in [0.29, 0.717) is 0 Å². The Bertz CT molecular complexity index is 935. The fraction of sp³-hybridized carbons (Fsp3) is 0. The molecule has 0 aliphatic rings. The molecule has 0 N–H and O–H groups in total. The average molecular weight is 273 g/mol. The standard InChI is InChI=1S/C18H10BCl/c19-11-5-7-16-17(9-11)14-4-2-1-3-13(14)15-8-6-12(20)10-18(15)16/h1-10H. The highest BCUT2D eigenvalue weighted by molar-refractivity contribution is 6.36. The second kappa shape index (κ2) is 4.26. The van der Waals surface area contributed by atoms with Crippen LogP contribution in [0.1, 0.15) is 0 Å². The summed E-state index contributed by atoms with van der Waals surface area (Å²) in [6.45, 7) is 0. The zero-order valence-corrected chi connectivity index (χ0v) is 11.5. The molecule has 4 aromatic rings. The monoisotopic (exact) mass is 272 g/mol. The van der Waals surface area contributed by atoms with E-state index < -0.39 is 0 Å². The van der Waals surface area contributed by atoms with Gasteiger partial charge >= 0.3 is 0 Å². The maximum absolute atomic E-state index is 6.18. The minimum absolute atomic E-state index is 0.755. The Morgan fingerprint density at radius 2 is 1.15 bits per heavy atom. The SMILES string of the molecule is [B]c1ccc2c(c1)c1ccccc1c1ccc(Cl)cc12. The Hall–Kier alpha value is -1.99. The molecule has 0 unspecified atom stereocenters. The lowest BCUT2D eigenvalue weighted by Gasteiger charge is -2.11. The zero-order chi connectivity index (χ0) is 13.7. The maximum Gasteiger partial charge on any atom is 0.113 e. The first kappa shape index (κ1) is 11.8. The summed E-state index contributed by atoms with van der Waals surface area (Å²) in [7, 11) is 5.96. The molecule has 0 amide bonds. The molecule has 4 rings (SSSR count). The summed E-state index contributed by atoms with van der Waals surface area (Å²) < 4.78 is 0. The highest BCUT2D eigenvalue weighted by atomic mass is 35.5. The predicted molar refractivity (Wildman–Crippen MR) is 89.4 cm³/mol. The molecule has 92 valence electrons. The molecule has 0 aromatic heterocycles. The van der Waals surface area contributed by atoms with Crippen molar-refractivity contribution in [1.82, 2.24) is 0 Å². The third kappa shape index (κ3) is 1.63. The fourth-order valence-corrected chi connectivity index (χ4v) is 3.12. The van der Waals surface area contributed by atoms with Crippen LogP contribution in [0.3, 0.4) is 0 Å². The van der Waals surface area contributed by atoms with E-state index in [9.17, 15) is 0 Å². The van der Waals surface area contributed by atoms with Crippen LogP contribution in [0.25, 0.3) is 32.3 Å². The maximum atomic E-state index is 6.18. The van der Waals surface area contributed by atoms with Crippen LogP contribution in [0.5, 0.6) is 0 Å². The Morgan fingerprint density at radius 1 is 0.600 bits per heavy atom. The van der Waals surface area contributed by atoms with Crippen molar-refractivity contribution in [1.29, 1.82) is 0 Å². The molecular weight excluding hydrogens is 262 g/mol. The molecule has 0 spiro atoms. The first-order valence-electron chi connectivity index (χ1n) is 6.53. The van der Waals surface area contributed by atoms with E-state index in [1.165, 1.54) is 32.3 Å². The lowest BCUT2D eigenvalue weighted by atomic mass is 9.89. The van der Waals surface area contributed by atoms with Crippen LogP contribution in [0.15, 0.2) is 60.7 Å². The van der Waals surface area contributed by atoms with Crippen molar-refractivity contribution in [3.05, 3.63) is 65.7 Å². The molecule has 2 radical (unpaired) electrons. The molecule has 2 heteroatoms. The van der Waals surface area contributed by atoms with Gasteiger partial charge in [-0.15, -0.1) is 0 Å². The molecule has 0 heterocycles. The quantitative estimate of drug-likeness (QED) is 0.324. The third-order valence-electron chi connectivity index (χ3n) is 3.82. The number of hydrogen-bond acceptors (Lipinski definition) is 0. The first-order chi connectivity index (χ1) is 9.74. The Kier molecular flexibility index (Phi) is 2.51. The van der Waals surface area contributed by atoms with Crippen molar-refractivity contribution in [2.75, 3.05) is 0 Å². The van der Waals surface area contributed by atoms with Crippen LogP contribution < -0.4 is 5.46 Å². The van der Waals surface area contributed by atoms with E-state index in [1.807, 2.05) is 24.3 Å². The molecule has 0 atom stereocenters. The van der Waals surface area contributed by atoms with Gasteiger partial charge in [-0.1, -0.05) is 65.6 Å². The smallest absolute Gasteiger partial charge is 0.0960 e. The van der Waals surface area contributed by atoms with Crippen molar-refractivity contribution < 1.29 is 0 Å². The van der Waals surface area contributed by atoms with Crippen LogP contribution in [0.2, 0.25) is 5.02 Å². The summed E-state index contributed by atoms with van der Waals surface area (Å²) in [6.07, 6.45) is 0. The van der Waals surface area contributed by atoms with Gasteiger partial charge in [0.2, 0.25) is 0 Å². The van der Waals surface area contributed by atoms with Crippen LogP contribution in [0.4, 0.5) is 0 Å². The van der Waals surface area contributed by atoms with Crippen LogP contribution in [-0.4, -0.2) is 7.85 Å². The second-order valence-electron chi connectivity index (χ2n) is 5.04. The molecule has 20 heavy (non-hydrogen) atoms. The van der Waals surface area contributed by atoms with Gasteiger partial charge in [-0.25, -0.2) is 0 Å². The van der Waals surface area contributed by atoms with E-state index in [0.717, 1.165) is 10.5 Å². The fourth-order valence-electron chi connectivity index (χ4n) is 2.95. The zero-order valence-electron chi connectivity index (χ0n) is 10.7. The summed E-state index contributed by atoms with van der Waals surface area (Å²) in [5.74, 6) is 0. The van der Waals surface area contributed by atoms with E-state index in [1.54, 1.807) is 0 Å². The normalized spacial score (nSPS) is 11.4. The van der Waals surface area contributed by atoms with Gasteiger partial charge in [-0.05, 0) is 44.5 Å². The molecule has 0 saturated heterocycles. The number of benzene rings is 4. The summed E-state index contributed by atoms with van der Waals surface area (Å²) in [5, 5.41) is 7.98. The molecule has 4 aromatic carbocycles. The molecule has 0 saturated carbocycles. The molecule has 0 nitrogen and oxygen atoms in total. The predicted octanol–water partition coefficient (Wildman–Crippen LogP) is 4.59. The van der Waals surface area contributed by atoms with Crippen molar-refractivity contribution in [2.45, 2.75) is 0 Å². The number of halogens is 1. The minimum atomic E-state index is 0.755. The lowest BCUT2D eigenvalue weighted by Crippen LogP contribution is -2.00. The Balaban J connectivity index is 2.40. The largest absolute Gasteiger partial charge is 0.113 e. The van der Waals surface area contributed by atoms with E-state index in [2.05, 4.69) is 36.4 Å². The van der Waals surface area contributed by atoms with Crippen molar-refractivity contribution in [2.24, 2.45) is 0 Å². The summed E-state index contributed by atoms with van der Waals surface area (Å²) >= 11 is 6.18. The molecule has 0 aliphatic heterocycles. The molecule has 0 bridgehead atoms. The van der Waals surface area contributed by atoms with Crippen LogP contribution in [-0.2, 0) is 0 Å². The molecule has 0 fully saturated rings. The van der Waals surface area contributed by atoms with Gasteiger partial charge in [0.1, 0.15) is 7.85 Å². The van der Waals surface area contributed by atoms with Crippen molar-refractivity contribution >= 4 is 57.2 Å². The Labute approximate surface area is 123 Å². The van der Waals surface area contributed by atoms with Crippen molar-refractivity contribution in [3.63, 3.8) is 0 Å². The van der Waals surface area contributed by atoms with Gasteiger partial charge < -0.3 is 0 Å². The summed E-state index contributed by atoms with van der Waals surface area (Å²) in [5.41, 5.74) is 0.782. The van der Waals surface area contributed by atoms with Gasteiger partial charge in [0.05, 0.1) is 0 Å². The van der Waals surface area contributed by atoms with Crippen LogP contribution in [0, 0.1) is 0 Å². The topological polar surface area (TPSA) is 0 Å². The van der Waals surface area contributed by atoms with E-state index >= 15 is 0 Å². The lowest BCUT2D eigenvalue weighted by molar-refractivity contribution is 1.78. The molecular formula is C18H10BCl. The average Bonchev–Trinajstić information content (AvgIpc) is 2.47. The van der Waals surface area contributed by atoms with Crippen LogP contribution >= 0.6 is 11.6 Å². The van der Waals surface area contributed by atoms with E-state index in [4.69, 9.17) is 19.4 Å². The number of fused-ring (bicyclic) bond motifs is 6. The summed E-state index contributed by atoms with van der Waals surface area (Å²) in [6, 6.07) is 20.5. The highest BCUT2D eigenvalue weighted by Gasteiger charge is 2.08. The van der Waals surface area contributed by atoms with Gasteiger partial charge in [0.15, 0.2) is 0 Å². The van der Waals surface area contributed by atoms with E-state index in [-0.39, 0.29) is 0 Å².